The van der Waals surface area contributed by atoms with Crippen LogP contribution in [0.25, 0.3) is 0 Å². The first-order valence-corrected chi connectivity index (χ1v) is 10.4. The Labute approximate surface area is 172 Å². The maximum absolute atomic E-state index is 12.8. The SMILES string of the molecule is CN(C)C(=O)COc1cccc(C(=O)N2CCN(C(=O)CC3CCCC3)CC2)c1. The van der Waals surface area contributed by atoms with Gasteiger partial charge in [-0.15, -0.1) is 0 Å². The molecule has 0 aromatic heterocycles. The zero-order valence-electron chi connectivity index (χ0n) is 17.4. The molecule has 0 radical (unpaired) electrons. The van der Waals surface area contributed by atoms with Gasteiger partial charge in [-0.05, 0) is 37.0 Å². The number of amides is 3. The first kappa shape index (κ1) is 21.1. The average molecular weight is 402 g/mol. The van der Waals surface area contributed by atoms with Crippen LogP contribution in [0.15, 0.2) is 24.3 Å². The van der Waals surface area contributed by atoms with E-state index in [0.717, 1.165) is 0 Å². The standard InChI is InChI=1S/C22H31N3O4/c1-23(2)21(27)16-29-19-9-5-8-18(15-19)22(28)25-12-10-24(11-13-25)20(26)14-17-6-3-4-7-17/h5,8-9,15,17H,3-4,6-7,10-14,16H2,1-2H3. The molecule has 1 aliphatic carbocycles. The number of nitrogens with zero attached hydrogens (tertiary/aromatic N) is 3. The molecule has 1 aliphatic heterocycles. The summed E-state index contributed by atoms with van der Waals surface area (Å²) >= 11 is 0. The quantitative estimate of drug-likeness (QED) is 0.731. The molecule has 0 bridgehead atoms. The largest absolute Gasteiger partial charge is 0.484 e. The van der Waals surface area contributed by atoms with Gasteiger partial charge in [-0.1, -0.05) is 18.9 Å². The van der Waals surface area contributed by atoms with Crippen molar-refractivity contribution in [3.8, 4) is 5.75 Å². The molecule has 2 fully saturated rings. The Morgan fingerprint density at radius 2 is 1.69 bits per heavy atom. The Morgan fingerprint density at radius 3 is 2.34 bits per heavy atom. The molecule has 7 heteroatoms. The molecule has 1 heterocycles. The summed E-state index contributed by atoms with van der Waals surface area (Å²) in [6.45, 7) is 2.20. The lowest BCUT2D eigenvalue weighted by Gasteiger charge is -2.35. The van der Waals surface area contributed by atoms with E-state index in [1.807, 2.05) is 4.90 Å². The van der Waals surface area contributed by atoms with E-state index < -0.39 is 0 Å². The smallest absolute Gasteiger partial charge is 0.259 e. The van der Waals surface area contributed by atoms with Crippen molar-refractivity contribution in [2.24, 2.45) is 5.92 Å². The number of rotatable bonds is 6. The van der Waals surface area contributed by atoms with Gasteiger partial charge in [0.1, 0.15) is 5.75 Å². The molecule has 158 valence electrons. The van der Waals surface area contributed by atoms with Gasteiger partial charge in [0, 0.05) is 52.3 Å². The van der Waals surface area contributed by atoms with Gasteiger partial charge in [-0.3, -0.25) is 14.4 Å². The summed E-state index contributed by atoms with van der Waals surface area (Å²) in [6, 6.07) is 6.91. The molecule has 2 aliphatic rings. The van der Waals surface area contributed by atoms with Gasteiger partial charge >= 0.3 is 0 Å². The minimum absolute atomic E-state index is 0.0631. The van der Waals surface area contributed by atoms with Gasteiger partial charge in [-0.2, -0.15) is 0 Å². The van der Waals surface area contributed by atoms with Crippen LogP contribution in [0.3, 0.4) is 0 Å². The van der Waals surface area contributed by atoms with Crippen molar-refractivity contribution in [3.05, 3.63) is 29.8 Å². The molecule has 1 aromatic rings. The van der Waals surface area contributed by atoms with Gasteiger partial charge in [0.2, 0.25) is 5.91 Å². The van der Waals surface area contributed by atoms with Gasteiger partial charge in [0.25, 0.3) is 11.8 Å². The molecule has 1 saturated carbocycles. The van der Waals surface area contributed by atoms with Crippen LogP contribution in [0.5, 0.6) is 5.75 Å². The van der Waals surface area contributed by atoms with Crippen molar-refractivity contribution in [2.75, 3.05) is 46.9 Å². The van der Waals surface area contributed by atoms with Crippen molar-refractivity contribution in [3.63, 3.8) is 0 Å². The highest BCUT2D eigenvalue weighted by Crippen LogP contribution is 2.28. The number of benzene rings is 1. The van der Waals surface area contributed by atoms with E-state index in [2.05, 4.69) is 0 Å². The molecule has 1 aromatic carbocycles. The summed E-state index contributed by atoms with van der Waals surface area (Å²) in [6.07, 6.45) is 5.48. The topological polar surface area (TPSA) is 70.2 Å². The molecule has 1 saturated heterocycles. The minimum atomic E-state index is -0.139. The van der Waals surface area contributed by atoms with E-state index in [0.29, 0.717) is 49.8 Å². The molecule has 0 N–H and O–H groups in total. The predicted molar refractivity (Wildman–Crippen MR) is 110 cm³/mol. The second-order valence-electron chi connectivity index (χ2n) is 8.13. The fraction of sp³-hybridized carbons (Fsp3) is 0.591. The number of piperazine rings is 1. The van der Waals surface area contributed by atoms with Crippen LogP contribution in [0.1, 0.15) is 42.5 Å². The normalized spacial score (nSPS) is 17.3. The van der Waals surface area contributed by atoms with Crippen molar-refractivity contribution < 1.29 is 19.1 Å². The number of hydrogen-bond donors (Lipinski definition) is 0. The molecule has 0 spiro atoms. The van der Waals surface area contributed by atoms with Gasteiger partial charge in [0.15, 0.2) is 6.61 Å². The van der Waals surface area contributed by atoms with E-state index in [4.69, 9.17) is 4.74 Å². The molecule has 0 unspecified atom stereocenters. The van der Waals surface area contributed by atoms with E-state index in [1.165, 1.54) is 30.6 Å². The third-order valence-electron chi connectivity index (χ3n) is 5.80. The monoisotopic (exact) mass is 401 g/mol. The van der Waals surface area contributed by atoms with E-state index in [-0.39, 0.29) is 24.3 Å². The third kappa shape index (κ3) is 5.71. The van der Waals surface area contributed by atoms with E-state index in [1.54, 1.807) is 43.3 Å². The molecule has 7 nitrogen and oxygen atoms in total. The zero-order chi connectivity index (χ0) is 20.8. The summed E-state index contributed by atoms with van der Waals surface area (Å²) in [7, 11) is 3.34. The first-order chi connectivity index (χ1) is 13.9. The third-order valence-corrected chi connectivity index (χ3v) is 5.80. The molecular weight excluding hydrogens is 370 g/mol. The maximum Gasteiger partial charge on any atom is 0.259 e. The van der Waals surface area contributed by atoms with Crippen molar-refractivity contribution in [2.45, 2.75) is 32.1 Å². The summed E-state index contributed by atoms with van der Waals surface area (Å²) in [4.78, 5) is 42.2. The second kappa shape index (κ2) is 9.76. The summed E-state index contributed by atoms with van der Waals surface area (Å²) < 4.78 is 5.50. The van der Waals surface area contributed by atoms with Crippen LogP contribution in [-0.2, 0) is 9.59 Å². The van der Waals surface area contributed by atoms with E-state index >= 15 is 0 Å². The van der Waals surface area contributed by atoms with Crippen LogP contribution in [0.2, 0.25) is 0 Å². The van der Waals surface area contributed by atoms with Crippen LogP contribution in [0, 0.1) is 5.92 Å². The summed E-state index contributed by atoms with van der Waals surface area (Å²) in [5.41, 5.74) is 0.533. The Kier molecular flexibility index (Phi) is 7.12. The molecule has 3 rings (SSSR count). The minimum Gasteiger partial charge on any atom is -0.484 e. The number of carbonyl (C=O) groups is 3. The van der Waals surface area contributed by atoms with Gasteiger partial charge in [-0.25, -0.2) is 0 Å². The lowest BCUT2D eigenvalue weighted by molar-refractivity contribution is -0.133. The van der Waals surface area contributed by atoms with Crippen molar-refractivity contribution >= 4 is 17.7 Å². The van der Waals surface area contributed by atoms with Crippen LogP contribution < -0.4 is 4.74 Å². The van der Waals surface area contributed by atoms with Crippen LogP contribution >= 0.6 is 0 Å². The van der Waals surface area contributed by atoms with Gasteiger partial charge in [0.05, 0.1) is 0 Å². The highest BCUT2D eigenvalue weighted by molar-refractivity contribution is 5.94. The lowest BCUT2D eigenvalue weighted by atomic mass is 10.0. The van der Waals surface area contributed by atoms with Crippen molar-refractivity contribution in [1.82, 2.24) is 14.7 Å². The predicted octanol–water partition coefficient (Wildman–Crippen LogP) is 2.02. The number of carbonyl (C=O) groups excluding carboxylic acids is 3. The van der Waals surface area contributed by atoms with Crippen LogP contribution in [-0.4, -0.2) is 79.3 Å². The molecule has 3 amide bonds. The highest BCUT2D eigenvalue weighted by atomic mass is 16.5. The average Bonchev–Trinajstić information content (AvgIpc) is 3.24. The molecular formula is C22H31N3O4. The maximum atomic E-state index is 12.8. The summed E-state index contributed by atoms with van der Waals surface area (Å²) in [5.74, 6) is 1.06. The molecule has 29 heavy (non-hydrogen) atoms. The first-order valence-electron chi connectivity index (χ1n) is 10.4. The fourth-order valence-corrected chi connectivity index (χ4v) is 3.93. The van der Waals surface area contributed by atoms with Crippen molar-refractivity contribution in [1.29, 1.82) is 0 Å². The Bertz CT molecular complexity index is 735. The number of hydrogen-bond acceptors (Lipinski definition) is 4. The number of likely N-dealkylation sites (N-methyl/N-ethyl adjacent to an activating group) is 1. The second-order valence-corrected chi connectivity index (χ2v) is 8.13. The van der Waals surface area contributed by atoms with Gasteiger partial charge < -0.3 is 19.4 Å². The Hall–Kier alpha value is -2.57. The lowest BCUT2D eigenvalue weighted by Crippen LogP contribution is -2.50. The highest BCUT2D eigenvalue weighted by Gasteiger charge is 2.27. The Balaban J connectivity index is 1.50. The fourth-order valence-electron chi connectivity index (χ4n) is 3.93. The van der Waals surface area contributed by atoms with E-state index in [9.17, 15) is 14.4 Å². The molecule has 0 atom stereocenters. The zero-order valence-corrected chi connectivity index (χ0v) is 17.4. The summed E-state index contributed by atoms with van der Waals surface area (Å²) in [5, 5.41) is 0. The Morgan fingerprint density at radius 1 is 1.03 bits per heavy atom. The number of ether oxygens (including phenoxy) is 1. The van der Waals surface area contributed by atoms with Crippen LogP contribution in [0.4, 0.5) is 0 Å².